The summed E-state index contributed by atoms with van der Waals surface area (Å²) in [5.41, 5.74) is 2.50. The lowest BCUT2D eigenvalue weighted by molar-refractivity contribution is -0.567. The van der Waals surface area contributed by atoms with Crippen LogP contribution in [0.4, 0.5) is 5.69 Å². The lowest BCUT2D eigenvalue weighted by atomic mass is 9.80. The molecule has 0 saturated carbocycles. The minimum Gasteiger partial charge on any atom is -0.366 e. The second-order valence-corrected chi connectivity index (χ2v) is 8.09. The van der Waals surface area contributed by atoms with Gasteiger partial charge in [-0.2, -0.15) is 0 Å². The maximum atomic E-state index is 11.4. The highest BCUT2D eigenvalue weighted by Crippen LogP contribution is 2.41. The molecule has 2 aliphatic rings. The molecule has 6 nitrogen and oxygen atoms in total. The van der Waals surface area contributed by atoms with Crippen molar-refractivity contribution in [2.75, 3.05) is 24.1 Å². The molecule has 0 bridgehead atoms. The normalized spacial score (nSPS) is 24.1. The Morgan fingerprint density at radius 2 is 2.00 bits per heavy atom. The van der Waals surface area contributed by atoms with E-state index in [-0.39, 0.29) is 11.7 Å². The number of anilines is 1. The second-order valence-electron chi connectivity index (χ2n) is 6.34. The maximum absolute atomic E-state index is 11.4. The van der Waals surface area contributed by atoms with Crippen LogP contribution in [-0.2, 0) is 21.2 Å². The van der Waals surface area contributed by atoms with Gasteiger partial charge in [-0.3, -0.25) is 4.72 Å². The molecule has 0 aliphatic carbocycles. The summed E-state index contributed by atoms with van der Waals surface area (Å²) in [5.74, 6) is 0. The molecular weight excluding hydrogens is 304 g/mol. The highest BCUT2D eigenvalue weighted by atomic mass is 32.2. The molecule has 1 fully saturated rings. The van der Waals surface area contributed by atoms with E-state index in [0.717, 1.165) is 35.8 Å². The van der Waals surface area contributed by atoms with Gasteiger partial charge in [0.15, 0.2) is 13.1 Å². The van der Waals surface area contributed by atoms with Crippen molar-refractivity contribution >= 4 is 15.7 Å². The third-order valence-corrected chi connectivity index (χ3v) is 5.07. The number of nitroso groups, excluding NO2 is 1. The molecule has 0 radical (unpaired) electrons. The number of benzene rings is 1. The summed E-state index contributed by atoms with van der Waals surface area (Å²) in [6.07, 6.45) is 3.29. The maximum Gasteiger partial charge on any atom is 0.229 e. The molecule has 1 atom stereocenters. The molecular formula is C15H21N2O4S+. The minimum absolute atomic E-state index is 0.108. The van der Waals surface area contributed by atoms with Crippen molar-refractivity contribution < 1.29 is 17.9 Å². The fraction of sp³-hybridized carbons (Fsp3) is 0.600. The van der Waals surface area contributed by atoms with Crippen molar-refractivity contribution in [3.05, 3.63) is 34.2 Å². The highest BCUT2D eigenvalue weighted by molar-refractivity contribution is 7.92. The molecule has 1 unspecified atom stereocenters. The van der Waals surface area contributed by atoms with Crippen LogP contribution in [0.25, 0.3) is 0 Å². The summed E-state index contributed by atoms with van der Waals surface area (Å²) in [4.78, 5) is 11.4. The first-order valence-corrected chi connectivity index (χ1v) is 9.36. The van der Waals surface area contributed by atoms with E-state index in [4.69, 9.17) is 4.74 Å². The number of fused-ring (bicyclic) bond motifs is 1. The third kappa shape index (κ3) is 3.15. The quantitative estimate of drug-likeness (QED) is 0.844. The van der Waals surface area contributed by atoms with Crippen LogP contribution in [0.2, 0.25) is 0 Å². The van der Waals surface area contributed by atoms with E-state index in [2.05, 4.69) is 4.72 Å². The van der Waals surface area contributed by atoms with E-state index in [9.17, 15) is 13.3 Å². The van der Waals surface area contributed by atoms with Crippen molar-refractivity contribution in [1.82, 2.24) is 0 Å². The van der Waals surface area contributed by atoms with Gasteiger partial charge in [0.1, 0.15) is 0 Å². The van der Waals surface area contributed by atoms with E-state index < -0.39 is 10.0 Å². The standard InChI is InChI=1S/C15H21N2O4S/c1-11-14-9-13(16-22(2,19)20)4-3-12(14)10-15(21-11)5-7-17(18)8-6-15/h3-4,9,11,16H,5-8,10H2,1-2H3/q+1. The number of ether oxygens (including phenoxy) is 1. The van der Waals surface area contributed by atoms with Crippen LogP contribution in [0.15, 0.2) is 18.2 Å². The number of hydrogen-bond acceptors (Lipinski definition) is 4. The zero-order valence-corrected chi connectivity index (χ0v) is 13.6. The molecule has 1 N–H and O–H groups in total. The lowest BCUT2D eigenvalue weighted by Gasteiger charge is -2.41. The first-order chi connectivity index (χ1) is 10.3. The van der Waals surface area contributed by atoms with Gasteiger partial charge in [0.05, 0.1) is 18.0 Å². The van der Waals surface area contributed by atoms with Crippen LogP contribution in [0.1, 0.15) is 37.0 Å². The molecule has 1 aromatic carbocycles. The number of nitrogens with zero attached hydrogens (tertiary/aromatic N) is 1. The van der Waals surface area contributed by atoms with Gasteiger partial charge in [-0.05, 0) is 34.9 Å². The van der Waals surface area contributed by atoms with E-state index in [0.29, 0.717) is 18.8 Å². The molecule has 2 heterocycles. The van der Waals surface area contributed by atoms with Gasteiger partial charge in [-0.1, -0.05) is 6.07 Å². The van der Waals surface area contributed by atoms with Gasteiger partial charge in [0.25, 0.3) is 0 Å². The van der Waals surface area contributed by atoms with E-state index in [1.54, 1.807) is 6.07 Å². The van der Waals surface area contributed by atoms with Crippen LogP contribution < -0.4 is 4.72 Å². The third-order valence-electron chi connectivity index (χ3n) is 4.46. The number of hydrogen-bond donors (Lipinski definition) is 1. The molecule has 0 amide bonds. The molecule has 120 valence electrons. The summed E-state index contributed by atoms with van der Waals surface area (Å²) < 4.78 is 32.5. The van der Waals surface area contributed by atoms with Crippen LogP contribution in [0, 0.1) is 4.91 Å². The SMILES string of the molecule is CC1OC2(CC[N+](=O)CC2)Cc2ccc(NS(C)(=O)=O)cc21. The van der Waals surface area contributed by atoms with Gasteiger partial charge < -0.3 is 4.74 Å². The van der Waals surface area contributed by atoms with Crippen LogP contribution in [0.3, 0.4) is 0 Å². The van der Waals surface area contributed by atoms with E-state index in [1.165, 1.54) is 5.56 Å². The summed E-state index contributed by atoms with van der Waals surface area (Å²) in [7, 11) is -3.29. The Morgan fingerprint density at radius 1 is 1.32 bits per heavy atom. The van der Waals surface area contributed by atoms with Crippen LogP contribution in [0.5, 0.6) is 0 Å². The van der Waals surface area contributed by atoms with E-state index in [1.807, 2.05) is 19.1 Å². The Hall–Kier alpha value is -1.47. The summed E-state index contributed by atoms with van der Waals surface area (Å²) >= 11 is 0. The number of nitrogens with one attached hydrogen (secondary N) is 1. The molecule has 1 saturated heterocycles. The van der Waals surface area contributed by atoms with Crippen LogP contribution >= 0.6 is 0 Å². The van der Waals surface area contributed by atoms with Crippen LogP contribution in [-0.4, -0.2) is 38.1 Å². The summed E-state index contributed by atoms with van der Waals surface area (Å²) in [5, 5.41) is 0. The Bertz CT molecular complexity index is 704. The second kappa shape index (κ2) is 5.31. The molecule has 1 aromatic rings. The fourth-order valence-corrected chi connectivity index (χ4v) is 3.98. The molecule has 3 rings (SSSR count). The zero-order chi connectivity index (χ0) is 16.0. The first-order valence-electron chi connectivity index (χ1n) is 7.47. The van der Waals surface area contributed by atoms with Crippen molar-refractivity contribution in [3.63, 3.8) is 0 Å². The van der Waals surface area contributed by atoms with Gasteiger partial charge in [-0.15, -0.1) is 0 Å². The zero-order valence-electron chi connectivity index (χ0n) is 12.8. The number of rotatable bonds is 2. The molecule has 7 heteroatoms. The minimum atomic E-state index is -3.29. The molecule has 0 aromatic heterocycles. The largest absolute Gasteiger partial charge is 0.366 e. The van der Waals surface area contributed by atoms with Gasteiger partial charge in [-0.25, -0.2) is 8.42 Å². The Balaban J connectivity index is 1.87. The van der Waals surface area contributed by atoms with Gasteiger partial charge >= 0.3 is 0 Å². The Kier molecular flexibility index (Phi) is 3.72. The smallest absolute Gasteiger partial charge is 0.229 e. The summed E-state index contributed by atoms with van der Waals surface area (Å²) in [6, 6.07) is 5.60. The fourth-order valence-electron chi connectivity index (χ4n) is 3.43. The molecule has 2 aliphatic heterocycles. The molecule has 22 heavy (non-hydrogen) atoms. The Labute approximate surface area is 130 Å². The van der Waals surface area contributed by atoms with Gasteiger partial charge in [0.2, 0.25) is 10.0 Å². The molecule has 1 spiro atoms. The average Bonchev–Trinajstić information content (AvgIpc) is 2.42. The number of piperidine rings is 1. The van der Waals surface area contributed by atoms with Crippen molar-refractivity contribution in [3.8, 4) is 0 Å². The predicted octanol–water partition coefficient (Wildman–Crippen LogP) is 2.00. The van der Waals surface area contributed by atoms with Crippen molar-refractivity contribution in [2.24, 2.45) is 0 Å². The van der Waals surface area contributed by atoms with Crippen molar-refractivity contribution in [2.45, 2.75) is 37.9 Å². The van der Waals surface area contributed by atoms with E-state index >= 15 is 0 Å². The first kappa shape index (κ1) is 15.4. The summed E-state index contributed by atoms with van der Waals surface area (Å²) in [6.45, 7) is 3.00. The highest BCUT2D eigenvalue weighted by Gasteiger charge is 2.44. The van der Waals surface area contributed by atoms with Crippen molar-refractivity contribution in [1.29, 1.82) is 0 Å². The average molecular weight is 325 g/mol. The van der Waals surface area contributed by atoms with Gasteiger partial charge in [0, 0.05) is 29.9 Å². The predicted molar refractivity (Wildman–Crippen MR) is 83.4 cm³/mol. The lowest BCUT2D eigenvalue weighted by Crippen LogP contribution is -2.46. The monoisotopic (exact) mass is 325 g/mol. The topological polar surface area (TPSA) is 75.5 Å². The number of sulfonamides is 1. The Morgan fingerprint density at radius 3 is 2.64 bits per heavy atom.